The molecular weight excluding hydrogens is 323 g/mol. The summed E-state index contributed by atoms with van der Waals surface area (Å²) in [6.07, 6.45) is 0.175. The lowest BCUT2D eigenvalue weighted by Gasteiger charge is -2.28. The predicted octanol–water partition coefficient (Wildman–Crippen LogP) is 2.56. The van der Waals surface area contributed by atoms with Gasteiger partial charge in [-0.25, -0.2) is 4.39 Å². The fourth-order valence-corrected chi connectivity index (χ4v) is 3.22. The van der Waals surface area contributed by atoms with Gasteiger partial charge in [0.15, 0.2) is 11.5 Å². The standard InChI is InChI=1S/C19H19FN2O3/c1-11-6-16-19(15-7-17(23)22-18(11)15)25-14(10-24-16)9-21-8-12-2-4-13(20)5-3-12/h2-6,14,21H,7-10H2,1H3,(H,22,23). The fraction of sp³-hybridized carbons (Fsp3) is 0.316. The molecule has 0 aromatic heterocycles. The van der Waals surface area contributed by atoms with E-state index in [2.05, 4.69) is 10.6 Å². The zero-order valence-corrected chi connectivity index (χ0v) is 13.9. The largest absolute Gasteiger partial charge is 0.486 e. The zero-order chi connectivity index (χ0) is 17.4. The Kier molecular flexibility index (Phi) is 4.05. The maximum Gasteiger partial charge on any atom is 0.229 e. The quantitative estimate of drug-likeness (QED) is 0.897. The topological polar surface area (TPSA) is 59.6 Å². The zero-order valence-electron chi connectivity index (χ0n) is 13.9. The Labute approximate surface area is 145 Å². The van der Waals surface area contributed by atoms with E-state index in [0.717, 1.165) is 22.4 Å². The first-order chi connectivity index (χ1) is 12.1. The Balaban J connectivity index is 1.42. The first-order valence-corrected chi connectivity index (χ1v) is 8.31. The van der Waals surface area contributed by atoms with Crippen LogP contribution in [0.15, 0.2) is 30.3 Å². The summed E-state index contributed by atoms with van der Waals surface area (Å²) in [4.78, 5) is 11.7. The molecule has 2 aromatic rings. The second-order valence-corrected chi connectivity index (χ2v) is 6.41. The number of carbonyl (C=O) groups is 1. The molecule has 0 spiro atoms. The van der Waals surface area contributed by atoms with E-state index in [0.29, 0.717) is 37.6 Å². The third kappa shape index (κ3) is 3.17. The van der Waals surface area contributed by atoms with E-state index in [1.54, 1.807) is 12.1 Å². The van der Waals surface area contributed by atoms with E-state index in [9.17, 15) is 9.18 Å². The number of benzene rings is 2. The van der Waals surface area contributed by atoms with Gasteiger partial charge in [0.05, 0.1) is 12.1 Å². The number of hydrogen-bond donors (Lipinski definition) is 2. The SMILES string of the molecule is Cc1cc2c(c3c1NC(=O)C3)OC(CNCc1ccc(F)cc1)CO2. The van der Waals surface area contributed by atoms with Gasteiger partial charge in [0.1, 0.15) is 18.5 Å². The van der Waals surface area contributed by atoms with Crippen molar-refractivity contribution in [3.05, 3.63) is 52.8 Å². The van der Waals surface area contributed by atoms with Crippen LogP contribution < -0.4 is 20.1 Å². The Morgan fingerprint density at radius 2 is 2.12 bits per heavy atom. The van der Waals surface area contributed by atoms with Crippen LogP contribution >= 0.6 is 0 Å². The first-order valence-electron chi connectivity index (χ1n) is 8.31. The normalized spacial score (nSPS) is 18.0. The number of anilines is 1. The van der Waals surface area contributed by atoms with E-state index in [-0.39, 0.29) is 17.8 Å². The molecule has 2 aromatic carbocycles. The van der Waals surface area contributed by atoms with Crippen molar-refractivity contribution >= 4 is 11.6 Å². The van der Waals surface area contributed by atoms with Gasteiger partial charge < -0.3 is 20.1 Å². The highest BCUT2D eigenvalue weighted by atomic mass is 19.1. The second-order valence-electron chi connectivity index (χ2n) is 6.41. The number of hydrogen-bond acceptors (Lipinski definition) is 4. The van der Waals surface area contributed by atoms with Gasteiger partial charge in [-0.05, 0) is 36.2 Å². The molecule has 2 heterocycles. The van der Waals surface area contributed by atoms with Crippen molar-refractivity contribution in [3.8, 4) is 11.5 Å². The van der Waals surface area contributed by atoms with E-state index in [1.165, 1.54) is 12.1 Å². The fourth-order valence-electron chi connectivity index (χ4n) is 3.22. The molecule has 0 aliphatic carbocycles. The third-order valence-electron chi connectivity index (χ3n) is 4.47. The number of ether oxygens (including phenoxy) is 2. The van der Waals surface area contributed by atoms with Crippen molar-refractivity contribution in [2.75, 3.05) is 18.5 Å². The van der Waals surface area contributed by atoms with Crippen molar-refractivity contribution in [1.82, 2.24) is 5.32 Å². The molecule has 0 radical (unpaired) electrons. The molecule has 2 aliphatic rings. The average Bonchev–Trinajstić information content (AvgIpc) is 3.00. The van der Waals surface area contributed by atoms with E-state index >= 15 is 0 Å². The Hall–Kier alpha value is -2.60. The molecule has 25 heavy (non-hydrogen) atoms. The molecule has 0 bridgehead atoms. The first kappa shape index (κ1) is 15.9. The summed E-state index contributed by atoms with van der Waals surface area (Å²) in [5.41, 5.74) is 3.71. The van der Waals surface area contributed by atoms with E-state index in [1.807, 2.05) is 13.0 Å². The van der Waals surface area contributed by atoms with E-state index < -0.39 is 0 Å². The molecule has 1 atom stereocenters. The van der Waals surface area contributed by atoms with Crippen LogP contribution in [-0.4, -0.2) is 25.2 Å². The van der Waals surface area contributed by atoms with Crippen LogP contribution in [-0.2, 0) is 17.8 Å². The molecule has 1 amide bonds. The van der Waals surface area contributed by atoms with Crippen LogP contribution in [0.4, 0.5) is 10.1 Å². The number of carbonyl (C=O) groups excluding carboxylic acids is 1. The molecule has 130 valence electrons. The number of amides is 1. The van der Waals surface area contributed by atoms with Gasteiger partial charge in [-0.3, -0.25) is 4.79 Å². The summed E-state index contributed by atoms with van der Waals surface area (Å²) in [7, 11) is 0. The lowest BCUT2D eigenvalue weighted by Crippen LogP contribution is -2.38. The number of rotatable bonds is 4. The molecule has 4 rings (SSSR count). The molecule has 2 aliphatic heterocycles. The molecule has 0 saturated carbocycles. The monoisotopic (exact) mass is 342 g/mol. The van der Waals surface area contributed by atoms with Crippen LogP contribution in [0.1, 0.15) is 16.7 Å². The van der Waals surface area contributed by atoms with Gasteiger partial charge in [-0.1, -0.05) is 12.1 Å². The van der Waals surface area contributed by atoms with Crippen LogP contribution in [0.2, 0.25) is 0 Å². The predicted molar refractivity (Wildman–Crippen MR) is 91.5 cm³/mol. The van der Waals surface area contributed by atoms with Crippen molar-refractivity contribution in [3.63, 3.8) is 0 Å². The van der Waals surface area contributed by atoms with Gasteiger partial charge in [-0.15, -0.1) is 0 Å². The highest BCUT2D eigenvalue weighted by Gasteiger charge is 2.31. The number of halogens is 1. The minimum absolute atomic E-state index is 0.0216. The second kappa shape index (κ2) is 6.37. The van der Waals surface area contributed by atoms with Gasteiger partial charge in [0.2, 0.25) is 5.91 Å². The van der Waals surface area contributed by atoms with Crippen LogP contribution in [0.5, 0.6) is 11.5 Å². The van der Waals surface area contributed by atoms with Gasteiger partial charge >= 0.3 is 0 Å². The van der Waals surface area contributed by atoms with E-state index in [4.69, 9.17) is 9.47 Å². The molecular formula is C19H19FN2O3. The smallest absolute Gasteiger partial charge is 0.229 e. The van der Waals surface area contributed by atoms with Crippen molar-refractivity contribution < 1.29 is 18.7 Å². The van der Waals surface area contributed by atoms with Gasteiger partial charge in [0, 0.05) is 18.7 Å². The summed E-state index contributed by atoms with van der Waals surface area (Å²) in [5, 5.41) is 6.18. The van der Waals surface area contributed by atoms with Crippen LogP contribution in [0.25, 0.3) is 0 Å². The molecule has 6 heteroatoms. The summed E-state index contributed by atoms with van der Waals surface area (Å²) in [5.74, 6) is 1.10. The summed E-state index contributed by atoms with van der Waals surface area (Å²) in [6.45, 7) is 3.62. The highest BCUT2D eigenvalue weighted by Crippen LogP contribution is 2.44. The third-order valence-corrected chi connectivity index (χ3v) is 4.47. The summed E-state index contributed by atoms with van der Waals surface area (Å²) < 4.78 is 24.9. The molecule has 0 fully saturated rings. The molecule has 0 saturated heterocycles. The van der Waals surface area contributed by atoms with Crippen molar-refractivity contribution in [2.24, 2.45) is 0 Å². The molecule has 1 unspecified atom stereocenters. The number of aryl methyl sites for hydroxylation is 1. The Bertz CT molecular complexity index is 820. The minimum Gasteiger partial charge on any atom is -0.486 e. The van der Waals surface area contributed by atoms with Crippen LogP contribution in [0.3, 0.4) is 0 Å². The van der Waals surface area contributed by atoms with Crippen molar-refractivity contribution in [1.29, 1.82) is 0 Å². The molecule has 2 N–H and O–H groups in total. The minimum atomic E-state index is -0.239. The number of fused-ring (bicyclic) bond motifs is 3. The number of nitrogens with one attached hydrogen (secondary N) is 2. The summed E-state index contributed by atoms with van der Waals surface area (Å²) in [6, 6.07) is 8.31. The maximum absolute atomic E-state index is 12.9. The Morgan fingerprint density at radius 1 is 1.32 bits per heavy atom. The van der Waals surface area contributed by atoms with Gasteiger partial charge in [-0.2, -0.15) is 0 Å². The summed E-state index contributed by atoms with van der Waals surface area (Å²) >= 11 is 0. The van der Waals surface area contributed by atoms with Crippen molar-refractivity contribution in [2.45, 2.75) is 26.0 Å². The molecule has 5 nitrogen and oxygen atoms in total. The van der Waals surface area contributed by atoms with Gasteiger partial charge in [0.25, 0.3) is 0 Å². The lowest BCUT2D eigenvalue weighted by molar-refractivity contribution is -0.115. The highest BCUT2D eigenvalue weighted by molar-refractivity contribution is 6.01. The van der Waals surface area contributed by atoms with Crippen LogP contribution in [0, 0.1) is 12.7 Å². The maximum atomic E-state index is 12.9. The lowest BCUT2D eigenvalue weighted by atomic mass is 10.1. The average molecular weight is 342 g/mol. The Morgan fingerprint density at radius 3 is 2.92 bits per heavy atom.